The van der Waals surface area contributed by atoms with Gasteiger partial charge in [-0.15, -0.1) is 0 Å². The highest BCUT2D eigenvalue weighted by atomic mass is 19.4. The molecule has 1 aliphatic carbocycles. The molecule has 0 aliphatic heterocycles. The zero-order valence-electron chi connectivity index (χ0n) is 15.5. The SMILES string of the molecule is CC(C)[C@@H](C(=O)OC(C)(C)C)N(C)C(=O)[C@H]1C[C@@H](C#CC(F)(F)F)C1. The number of esters is 1. The summed E-state index contributed by atoms with van der Waals surface area (Å²) >= 11 is 0. The molecule has 1 aliphatic rings. The first-order valence-electron chi connectivity index (χ1n) is 8.30. The van der Waals surface area contributed by atoms with Crippen molar-refractivity contribution in [3.63, 3.8) is 0 Å². The molecule has 0 radical (unpaired) electrons. The van der Waals surface area contributed by atoms with Crippen molar-refractivity contribution >= 4 is 11.9 Å². The van der Waals surface area contributed by atoms with E-state index in [1.165, 1.54) is 17.9 Å². The second-order valence-corrected chi connectivity index (χ2v) is 7.80. The highest BCUT2D eigenvalue weighted by Gasteiger charge is 2.40. The Hall–Kier alpha value is -1.71. The molecule has 1 atom stereocenters. The molecular weight excluding hydrogens is 335 g/mol. The van der Waals surface area contributed by atoms with E-state index in [1.54, 1.807) is 20.8 Å². The lowest BCUT2D eigenvalue weighted by molar-refractivity contribution is -0.167. The number of nitrogens with zero attached hydrogens (tertiary/aromatic N) is 1. The number of hydrogen-bond acceptors (Lipinski definition) is 3. The lowest BCUT2D eigenvalue weighted by atomic mass is 9.74. The molecule has 1 amide bonds. The molecule has 0 aromatic carbocycles. The molecule has 0 N–H and O–H groups in total. The molecule has 0 aromatic rings. The van der Waals surface area contributed by atoms with Crippen LogP contribution in [0.1, 0.15) is 47.5 Å². The van der Waals surface area contributed by atoms with Crippen LogP contribution in [0.4, 0.5) is 13.2 Å². The minimum Gasteiger partial charge on any atom is -0.458 e. The maximum atomic E-state index is 12.5. The largest absolute Gasteiger partial charge is 0.458 e. The second kappa shape index (κ2) is 7.67. The Labute approximate surface area is 147 Å². The van der Waals surface area contributed by atoms with Crippen LogP contribution >= 0.6 is 0 Å². The molecule has 142 valence electrons. The summed E-state index contributed by atoms with van der Waals surface area (Å²) in [6.45, 7) is 8.88. The zero-order chi connectivity index (χ0) is 19.6. The smallest absolute Gasteiger partial charge is 0.457 e. The molecule has 0 saturated heterocycles. The lowest BCUT2D eigenvalue weighted by Crippen LogP contribution is -2.51. The number of hydrogen-bond donors (Lipinski definition) is 0. The van der Waals surface area contributed by atoms with Gasteiger partial charge >= 0.3 is 12.1 Å². The number of carbonyl (C=O) groups excluding carboxylic acids is 2. The number of likely N-dealkylation sites (N-methyl/N-ethyl adjacent to an activating group) is 1. The average Bonchev–Trinajstić information content (AvgIpc) is 2.32. The average molecular weight is 361 g/mol. The van der Waals surface area contributed by atoms with Gasteiger partial charge in [0.1, 0.15) is 11.6 Å². The Kier molecular flexibility index (Phi) is 6.55. The minimum atomic E-state index is -4.51. The Balaban J connectivity index is 2.70. The summed E-state index contributed by atoms with van der Waals surface area (Å²) in [6.07, 6.45) is -3.94. The second-order valence-electron chi connectivity index (χ2n) is 7.80. The van der Waals surface area contributed by atoms with E-state index >= 15 is 0 Å². The molecule has 7 heteroatoms. The Morgan fingerprint density at radius 2 is 1.68 bits per heavy atom. The van der Waals surface area contributed by atoms with Gasteiger partial charge in [-0.3, -0.25) is 4.79 Å². The summed E-state index contributed by atoms with van der Waals surface area (Å²) in [5.74, 6) is 1.69. The molecule has 0 spiro atoms. The highest BCUT2D eigenvalue weighted by Crippen LogP contribution is 2.35. The fourth-order valence-electron chi connectivity index (χ4n) is 2.79. The third-order valence-electron chi connectivity index (χ3n) is 3.95. The van der Waals surface area contributed by atoms with Gasteiger partial charge in [-0.05, 0) is 39.5 Å². The Morgan fingerprint density at radius 1 is 1.16 bits per heavy atom. The van der Waals surface area contributed by atoms with Gasteiger partial charge in [0.05, 0.1) is 0 Å². The van der Waals surface area contributed by atoms with Crippen LogP contribution in [0.3, 0.4) is 0 Å². The predicted octanol–water partition coefficient (Wildman–Crippen LogP) is 3.40. The van der Waals surface area contributed by atoms with Gasteiger partial charge in [-0.25, -0.2) is 4.79 Å². The summed E-state index contributed by atoms with van der Waals surface area (Å²) in [6, 6.07) is -0.730. The van der Waals surface area contributed by atoms with Crippen LogP contribution in [0.5, 0.6) is 0 Å². The number of halogens is 3. The van der Waals surface area contributed by atoms with Crippen molar-refractivity contribution in [2.75, 3.05) is 7.05 Å². The highest BCUT2D eigenvalue weighted by molar-refractivity contribution is 5.86. The van der Waals surface area contributed by atoms with E-state index in [4.69, 9.17) is 4.74 Å². The van der Waals surface area contributed by atoms with Gasteiger partial charge < -0.3 is 9.64 Å². The monoisotopic (exact) mass is 361 g/mol. The van der Waals surface area contributed by atoms with E-state index in [1.807, 2.05) is 13.8 Å². The van der Waals surface area contributed by atoms with Crippen molar-refractivity contribution in [2.45, 2.75) is 65.3 Å². The van der Waals surface area contributed by atoms with Crippen molar-refractivity contribution in [2.24, 2.45) is 17.8 Å². The third kappa shape index (κ3) is 6.60. The van der Waals surface area contributed by atoms with Crippen molar-refractivity contribution in [1.29, 1.82) is 0 Å². The van der Waals surface area contributed by atoms with Crippen molar-refractivity contribution in [1.82, 2.24) is 4.90 Å². The maximum absolute atomic E-state index is 12.5. The van der Waals surface area contributed by atoms with Crippen LogP contribution in [-0.2, 0) is 14.3 Å². The van der Waals surface area contributed by atoms with Gasteiger partial charge in [0.2, 0.25) is 5.91 Å². The Morgan fingerprint density at radius 3 is 2.08 bits per heavy atom. The van der Waals surface area contributed by atoms with E-state index in [0.717, 1.165) is 0 Å². The van der Waals surface area contributed by atoms with Crippen LogP contribution in [0.25, 0.3) is 0 Å². The number of alkyl halides is 3. The molecule has 4 nitrogen and oxygen atoms in total. The van der Waals surface area contributed by atoms with Crippen LogP contribution in [-0.4, -0.2) is 41.6 Å². The quantitative estimate of drug-likeness (QED) is 0.570. The van der Waals surface area contributed by atoms with Crippen LogP contribution in [0.2, 0.25) is 0 Å². The van der Waals surface area contributed by atoms with Crippen molar-refractivity contribution in [3.05, 3.63) is 0 Å². The van der Waals surface area contributed by atoms with Gasteiger partial charge in [-0.1, -0.05) is 19.8 Å². The van der Waals surface area contributed by atoms with E-state index in [9.17, 15) is 22.8 Å². The molecule has 25 heavy (non-hydrogen) atoms. The first kappa shape index (κ1) is 21.3. The summed E-state index contributed by atoms with van der Waals surface area (Å²) in [5, 5.41) is 0. The molecule has 1 rings (SSSR count). The molecule has 0 unspecified atom stereocenters. The Bertz CT molecular complexity index is 561. The topological polar surface area (TPSA) is 46.6 Å². The number of carbonyl (C=O) groups is 2. The minimum absolute atomic E-state index is 0.148. The molecular formula is C18H26F3NO3. The van der Waals surface area contributed by atoms with Crippen LogP contribution in [0, 0.1) is 29.6 Å². The molecule has 0 bridgehead atoms. The number of ether oxygens (including phenoxy) is 1. The van der Waals surface area contributed by atoms with Crippen molar-refractivity contribution in [3.8, 4) is 11.8 Å². The number of rotatable bonds is 4. The fraction of sp³-hybridized carbons (Fsp3) is 0.778. The van der Waals surface area contributed by atoms with Crippen molar-refractivity contribution < 1.29 is 27.5 Å². The third-order valence-corrected chi connectivity index (χ3v) is 3.95. The molecule has 0 heterocycles. The number of amides is 1. The summed E-state index contributed by atoms with van der Waals surface area (Å²) in [4.78, 5) is 26.3. The lowest BCUT2D eigenvalue weighted by Gasteiger charge is -2.38. The van der Waals surface area contributed by atoms with Crippen LogP contribution < -0.4 is 0 Å². The molecule has 0 aromatic heterocycles. The maximum Gasteiger partial charge on any atom is 0.457 e. The van der Waals surface area contributed by atoms with Gasteiger partial charge in [0, 0.05) is 24.8 Å². The summed E-state index contributed by atoms with van der Waals surface area (Å²) < 4.78 is 41.6. The van der Waals surface area contributed by atoms with Gasteiger partial charge in [0.25, 0.3) is 0 Å². The fourth-order valence-corrected chi connectivity index (χ4v) is 2.79. The normalized spacial score (nSPS) is 21.7. The van der Waals surface area contributed by atoms with E-state index in [-0.39, 0.29) is 24.7 Å². The van der Waals surface area contributed by atoms with Gasteiger partial charge in [-0.2, -0.15) is 13.2 Å². The summed E-state index contributed by atoms with van der Waals surface area (Å²) in [7, 11) is 1.53. The first-order chi connectivity index (χ1) is 11.2. The summed E-state index contributed by atoms with van der Waals surface area (Å²) in [5.41, 5.74) is -0.664. The van der Waals surface area contributed by atoms with E-state index in [2.05, 4.69) is 5.92 Å². The van der Waals surface area contributed by atoms with Crippen LogP contribution in [0.15, 0.2) is 0 Å². The van der Waals surface area contributed by atoms with E-state index < -0.39 is 35.6 Å². The van der Waals surface area contributed by atoms with Gasteiger partial charge in [0.15, 0.2) is 0 Å². The molecule has 1 saturated carbocycles. The molecule has 1 fully saturated rings. The standard InChI is InChI=1S/C18H26F3NO3/c1-11(2)14(16(24)25-17(3,4)5)22(6)15(23)13-9-12(10-13)7-8-18(19,20)21/h11-14H,9-10H2,1-6H3/t12-,13+,14-/m0/s1. The van der Waals surface area contributed by atoms with E-state index in [0.29, 0.717) is 0 Å². The first-order valence-corrected chi connectivity index (χ1v) is 8.30. The zero-order valence-corrected chi connectivity index (χ0v) is 15.5. The predicted molar refractivity (Wildman–Crippen MR) is 87.3 cm³/mol.